The van der Waals surface area contributed by atoms with Crippen molar-refractivity contribution in [2.45, 2.75) is 37.8 Å². The monoisotopic (exact) mass is 337 g/mol. The molecule has 0 radical (unpaired) electrons. The third-order valence-electron chi connectivity index (χ3n) is 4.43. The molecule has 2 atom stereocenters. The number of fused-ring (bicyclic) bond motifs is 1. The van der Waals surface area contributed by atoms with Crippen LogP contribution in [0.2, 0.25) is 0 Å². The number of rotatable bonds is 2. The molecule has 4 nitrogen and oxygen atoms in total. The van der Waals surface area contributed by atoms with Crippen LogP contribution in [0.15, 0.2) is 22.7 Å². The Kier molecular flexibility index (Phi) is 3.98. The van der Waals surface area contributed by atoms with E-state index in [0.717, 1.165) is 17.4 Å². The third kappa shape index (κ3) is 2.69. The van der Waals surface area contributed by atoms with E-state index in [9.17, 15) is 4.79 Å². The van der Waals surface area contributed by atoms with Crippen LogP contribution in [0.25, 0.3) is 0 Å². The van der Waals surface area contributed by atoms with E-state index in [1.54, 1.807) is 12.1 Å². The molecule has 5 heteroatoms. The molecule has 0 saturated carbocycles. The summed E-state index contributed by atoms with van der Waals surface area (Å²) in [4.78, 5) is 14.9. The third-order valence-corrected chi connectivity index (χ3v) is 4.93. The first-order valence-electron chi connectivity index (χ1n) is 7.25. The smallest absolute Gasteiger partial charge is 0.253 e. The molecule has 0 spiro atoms. The van der Waals surface area contributed by atoms with E-state index in [2.05, 4.69) is 26.1 Å². The summed E-state index contributed by atoms with van der Waals surface area (Å²) in [5, 5.41) is 3.18. The number of hydrogen-bond donors (Lipinski definition) is 2. The number of nitrogen functional groups attached to an aromatic ring is 1. The number of piperidine rings is 1. The molecule has 2 unspecified atom stereocenters. The molecule has 0 aliphatic carbocycles. The predicted octanol–water partition coefficient (Wildman–Crippen LogP) is 2.39. The Morgan fingerprint density at radius 3 is 3.00 bits per heavy atom. The minimum absolute atomic E-state index is 0.0544. The molecule has 2 aliphatic rings. The molecule has 1 amide bonds. The van der Waals surface area contributed by atoms with Gasteiger partial charge in [0.2, 0.25) is 0 Å². The van der Waals surface area contributed by atoms with E-state index in [1.807, 2.05) is 6.07 Å². The first-order chi connectivity index (χ1) is 9.65. The number of nitrogens with one attached hydrogen (secondary N) is 1. The maximum Gasteiger partial charge on any atom is 0.253 e. The SMILES string of the molecule is Nc1ccc(Br)cc1C(=O)NC1CCN2CCCCC12. The standard InChI is InChI=1S/C15H20BrN3O/c16-10-4-5-12(17)11(9-10)15(20)18-13-6-8-19-7-2-1-3-14(13)19/h4-5,9,13-14H,1-3,6-8,17H2,(H,18,20). The first kappa shape index (κ1) is 13.9. The predicted molar refractivity (Wildman–Crippen MR) is 83.6 cm³/mol. The molecular formula is C15H20BrN3O. The highest BCUT2D eigenvalue weighted by molar-refractivity contribution is 9.10. The lowest BCUT2D eigenvalue weighted by Crippen LogP contribution is -2.46. The minimum Gasteiger partial charge on any atom is -0.398 e. The highest BCUT2D eigenvalue weighted by Crippen LogP contribution is 2.27. The number of nitrogens with zero attached hydrogens (tertiary/aromatic N) is 1. The average Bonchev–Trinajstić information content (AvgIpc) is 2.85. The molecule has 0 bridgehead atoms. The van der Waals surface area contributed by atoms with Crippen molar-refractivity contribution in [3.8, 4) is 0 Å². The molecule has 0 aromatic heterocycles. The fourth-order valence-corrected chi connectivity index (χ4v) is 3.75. The van der Waals surface area contributed by atoms with Crippen molar-refractivity contribution in [3.05, 3.63) is 28.2 Å². The van der Waals surface area contributed by atoms with Crippen LogP contribution in [-0.2, 0) is 0 Å². The Morgan fingerprint density at radius 2 is 2.15 bits per heavy atom. The molecule has 20 heavy (non-hydrogen) atoms. The van der Waals surface area contributed by atoms with E-state index in [1.165, 1.54) is 25.8 Å². The quantitative estimate of drug-likeness (QED) is 0.814. The van der Waals surface area contributed by atoms with Gasteiger partial charge in [-0.15, -0.1) is 0 Å². The molecule has 2 heterocycles. The van der Waals surface area contributed by atoms with Gasteiger partial charge < -0.3 is 11.1 Å². The van der Waals surface area contributed by atoms with E-state index >= 15 is 0 Å². The molecule has 2 fully saturated rings. The van der Waals surface area contributed by atoms with Crippen LogP contribution < -0.4 is 11.1 Å². The van der Waals surface area contributed by atoms with Crippen LogP contribution in [0.1, 0.15) is 36.0 Å². The summed E-state index contributed by atoms with van der Waals surface area (Å²) in [6, 6.07) is 6.19. The van der Waals surface area contributed by atoms with Gasteiger partial charge in [0.15, 0.2) is 0 Å². The van der Waals surface area contributed by atoms with Gasteiger partial charge in [0.1, 0.15) is 0 Å². The van der Waals surface area contributed by atoms with Crippen molar-refractivity contribution >= 4 is 27.5 Å². The number of nitrogens with two attached hydrogens (primary N) is 1. The summed E-state index contributed by atoms with van der Waals surface area (Å²) in [5.74, 6) is -0.0544. The second-order valence-electron chi connectivity index (χ2n) is 5.70. The zero-order valence-electron chi connectivity index (χ0n) is 11.4. The van der Waals surface area contributed by atoms with Crippen LogP contribution in [0.4, 0.5) is 5.69 Å². The second-order valence-corrected chi connectivity index (χ2v) is 6.61. The molecule has 1 aromatic carbocycles. The Morgan fingerprint density at radius 1 is 1.30 bits per heavy atom. The fraction of sp³-hybridized carbons (Fsp3) is 0.533. The average molecular weight is 338 g/mol. The lowest BCUT2D eigenvalue weighted by Gasteiger charge is -2.32. The van der Waals surface area contributed by atoms with Crippen molar-refractivity contribution in [2.24, 2.45) is 0 Å². The normalized spacial score (nSPS) is 26.2. The number of carbonyl (C=O) groups excluding carboxylic acids is 1. The van der Waals surface area contributed by atoms with Crippen molar-refractivity contribution in [2.75, 3.05) is 18.8 Å². The Labute approximate surface area is 127 Å². The highest BCUT2D eigenvalue weighted by Gasteiger charge is 2.36. The zero-order chi connectivity index (χ0) is 14.1. The number of carbonyl (C=O) groups is 1. The molecule has 108 valence electrons. The van der Waals surface area contributed by atoms with Gasteiger partial charge in [-0.2, -0.15) is 0 Å². The maximum atomic E-state index is 12.4. The van der Waals surface area contributed by atoms with E-state index < -0.39 is 0 Å². The van der Waals surface area contributed by atoms with Crippen LogP contribution in [-0.4, -0.2) is 36.0 Å². The topological polar surface area (TPSA) is 58.4 Å². The molecule has 2 aliphatic heterocycles. The van der Waals surface area contributed by atoms with Crippen LogP contribution in [0.5, 0.6) is 0 Å². The van der Waals surface area contributed by atoms with Crippen LogP contribution >= 0.6 is 15.9 Å². The summed E-state index contributed by atoms with van der Waals surface area (Å²) >= 11 is 3.39. The van der Waals surface area contributed by atoms with Crippen molar-refractivity contribution in [1.82, 2.24) is 10.2 Å². The van der Waals surface area contributed by atoms with Gasteiger partial charge in [-0.1, -0.05) is 22.4 Å². The van der Waals surface area contributed by atoms with Gasteiger partial charge in [0.25, 0.3) is 5.91 Å². The Hall–Kier alpha value is -1.07. The van der Waals surface area contributed by atoms with Gasteiger partial charge in [-0.05, 0) is 44.0 Å². The number of anilines is 1. The fourth-order valence-electron chi connectivity index (χ4n) is 3.39. The summed E-state index contributed by atoms with van der Waals surface area (Å²) < 4.78 is 0.877. The van der Waals surface area contributed by atoms with E-state index in [4.69, 9.17) is 5.73 Å². The molecule has 3 N–H and O–H groups in total. The highest BCUT2D eigenvalue weighted by atomic mass is 79.9. The zero-order valence-corrected chi connectivity index (χ0v) is 13.0. The van der Waals surface area contributed by atoms with Crippen LogP contribution in [0.3, 0.4) is 0 Å². The van der Waals surface area contributed by atoms with Gasteiger partial charge in [-0.25, -0.2) is 0 Å². The summed E-state index contributed by atoms with van der Waals surface area (Å²) in [5.41, 5.74) is 7.00. The van der Waals surface area contributed by atoms with E-state index in [0.29, 0.717) is 17.3 Å². The lowest BCUT2D eigenvalue weighted by atomic mass is 9.98. The van der Waals surface area contributed by atoms with Crippen molar-refractivity contribution in [3.63, 3.8) is 0 Å². The summed E-state index contributed by atoms with van der Waals surface area (Å²) in [6.07, 6.45) is 4.80. The van der Waals surface area contributed by atoms with Gasteiger partial charge >= 0.3 is 0 Å². The molecule has 3 rings (SSSR count). The second kappa shape index (κ2) is 5.74. The largest absolute Gasteiger partial charge is 0.398 e. The first-order valence-corrected chi connectivity index (χ1v) is 8.04. The Bertz CT molecular complexity index is 520. The van der Waals surface area contributed by atoms with Gasteiger partial charge in [0, 0.05) is 28.8 Å². The van der Waals surface area contributed by atoms with Crippen molar-refractivity contribution < 1.29 is 4.79 Å². The number of benzene rings is 1. The van der Waals surface area contributed by atoms with E-state index in [-0.39, 0.29) is 11.9 Å². The van der Waals surface area contributed by atoms with Gasteiger partial charge in [-0.3, -0.25) is 9.69 Å². The number of hydrogen-bond acceptors (Lipinski definition) is 3. The number of amides is 1. The summed E-state index contributed by atoms with van der Waals surface area (Å²) in [7, 11) is 0. The number of halogens is 1. The van der Waals surface area contributed by atoms with Gasteiger partial charge in [0.05, 0.1) is 5.56 Å². The minimum atomic E-state index is -0.0544. The van der Waals surface area contributed by atoms with Crippen LogP contribution in [0, 0.1) is 0 Å². The van der Waals surface area contributed by atoms with Crippen molar-refractivity contribution in [1.29, 1.82) is 0 Å². The maximum absolute atomic E-state index is 12.4. The molecular weight excluding hydrogens is 318 g/mol. The molecule has 1 aromatic rings. The Balaban J connectivity index is 1.71. The summed E-state index contributed by atoms with van der Waals surface area (Å²) in [6.45, 7) is 2.28. The molecule has 2 saturated heterocycles. The lowest BCUT2D eigenvalue weighted by molar-refractivity contribution is 0.0916.